The molecule has 2 saturated heterocycles. The van der Waals surface area contributed by atoms with E-state index >= 15 is 0 Å². The van der Waals surface area contributed by atoms with Gasteiger partial charge < -0.3 is 9.80 Å². The topological polar surface area (TPSA) is 67.9 Å². The van der Waals surface area contributed by atoms with Crippen LogP contribution in [0.5, 0.6) is 0 Å². The zero-order valence-electron chi connectivity index (χ0n) is 26.5. The zero-order chi connectivity index (χ0) is 30.7. The van der Waals surface area contributed by atoms with Crippen LogP contribution in [0.15, 0.2) is 36.8 Å². The molecule has 6 heterocycles. The first-order chi connectivity index (χ1) is 21.5. The summed E-state index contributed by atoms with van der Waals surface area (Å²) in [6.45, 7) is 13.9. The van der Waals surface area contributed by atoms with E-state index in [1.165, 1.54) is 80.5 Å². The molecule has 238 valence electrons. The second-order valence-corrected chi connectivity index (χ2v) is 13.7. The number of halogens is 2. The fourth-order valence-corrected chi connectivity index (χ4v) is 7.10. The smallest absolute Gasteiger partial charge is 0.129 e. The van der Waals surface area contributed by atoms with Gasteiger partial charge in [0, 0.05) is 42.8 Å². The van der Waals surface area contributed by atoms with Gasteiger partial charge >= 0.3 is 0 Å². The highest BCUT2D eigenvalue weighted by atomic mass is 127. The minimum atomic E-state index is 0.493. The van der Waals surface area contributed by atoms with E-state index in [1.54, 1.807) is 6.07 Å². The van der Waals surface area contributed by atoms with E-state index in [4.69, 9.17) is 16.7 Å². The number of pyridine rings is 2. The van der Waals surface area contributed by atoms with Gasteiger partial charge in [-0.15, -0.1) is 0 Å². The summed E-state index contributed by atoms with van der Waals surface area (Å²) in [4.78, 5) is 14.1. The molecule has 0 N–H and O–H groups in total. The summed E-state index contributed by atoms with van der Waals surface area (Å²) < 4.78 is 5.56. The molecule has 2 fully saturated rings. The van der Waals surface area contributed by atoms with Crippen LogP contribution in [0, 0.1) is 3.57 Å². The van der Waals surface area contributed by atoms with Crippen molar-refractivity contribution in [2.75, 3.05) is 39.3 Å². The first kappa shape index (κ1) is 33.3. The molecule has 10 heteroatoms. The van der Waals surface area contributed by atoms with E-state index in [0.717, 1.165) is 73.2 Å². The Kier molecular flexibility index (Phi) is 12.9. The normalized spacial score (nSPS) is 15.7. The minimum Gasteiger partial charge on any atom is -0.303 e. The lowest BCUT2D eigenvalue weighted by Crippen LogP contribution is -2.21. The van der Waals surface area contributed by atoms with Crippen LogP contribution in [0.2, 0.25) is 5.15 Å². The highest BCUT2D eigenvalue weighted by Crippen LogP contribution is 2.27. The van der Waals surface area contributed by atoms with Crippen LogP contribution < -0.4 is 0 Å². The molecule has 4 aromatic rings. The molecule has 8 nitrogen and oxygen atoms in total. The SMILES string of the molecule is CCCc1nn(CCCN2CCCC2)cc1-c1cnc2ccc(Cl)nc2c1.CCCc1nn(CCCN2CCCC2)cc1I. The Morgan fingerprint density at radius 1 is 0.750 bits per heavy atom. The summed E-state index contributed by atoms with van der Waals surface area (Å²) in [7, 11) is 0. The van der Waals surface area contributed by atoms with Gasteiger partial charge in [0.05, 0.1) is 26.0 Å². The Bertz CT molecular complexity index is 1460. The molecule has 0 aromatic carbocycles. The van der Waals surface area contributed by atoms with E-state index in [0.29, 0.717) is 5.15 Å². The van der Waals surface area contributed by atoms with E-state index in [2.05, 4.69) is 89.1 Å². The summed E-state index contributed by atoms with van der Waals surface area (Å²) in [6.07, 6.45) is 18.4. The van der Waals surface area contributed by atoms with E-state index < -0.39 is 0 Å². The Morgan fingerprint density at radius 3 is 1.98 bits per heavy atom. The summed E-state index contributed by atoms with van der Waals surface area (Å²) in [5.74, 6) is 0. The molecule has 2 aliphatic heterocycles. The lowest BCUT2D eigenvalue weighted by Gasteiger charge is -2.13. The van der Waals surface area contributed by atoms with Gasteiger partial charge in [-0.3, -0.25) is 14.3 Å². The van der Waals surface area contributed by atoms with Gasteiger partial charge in [0.25, 0.3) is 0 Å². The zero-order valence-corrected chi connectivity index (χ0v) is 29.4. The van der Waals surface area contributed by atoms with Crippen molar-refractivity contribution >= 4 is 45.2 Å². The first-order valence-corrected chi connectivity index (χ1v) is 18.1. The van der Waals surface area contributed by atoms with Crippen molar-refractivity contribution in [2.24, 2.45) is 0 Å². The van der Waals surface area contributed by atoms with Gasteiger partial charge in [-0.05, 0) is 131 Å². The third kappa shape index (κ3) is 9.47. The van der Waals surface area contributed by atoms with Crippen molar-refractivity contribution < 1.29 is 0 Å². The highest BCUT2D eigenvalue weighted by molar-refractivity contribution is 14.1. The molecule has 0 spiro atoms. The number of hydrogen-bond acceptors (Lipinski definition) is 6. The number of fused-ring (bicyclic) bond motifs is 1. The van der Waals surface area contributed by atoms with Crippen molar-refractivity contribution in [1.29, 1.82) is 0 Å². The lowest BCUT2D eigenvalue weighted by atomic mass is 10.1. The van der Waals surface area contributed by atoms with Gasteiger partial charge in [-0.2, -0.15) is 10.2 Å². The number of nitrogens with zero attached hydrogens (tertiary/aromatic N) is 8. The van der Waals surface area contributed by atoms with Gasteiger partial charge in [-0.25, -0.2) is 4.98 Å². The lowest BCUT2D eigenvalue weighted by molar-refractivity contribution is 0.322. The van der Waals surface area contributed by atoms with Crippen LogP contribution in [0.3, 0.4) is 0 Å². The largest absolute Gasteiger partial charge is 0.303 e. The molecule has 0 radical (unpaired) electrons. The van der Waals surface area contributed by atoms with Gasteiger partial charge in [-0.1, -0.05) is 38.3 Å². The molecule has 0 amide bonds. The monoisotopic (exact) mass is 730 g/mol. The van der Waals surface area contributed by atoms with Crippen LogP contribution in [-0.2, 0) is 25.9 Å². The fourth-order valence-electron chi connectivity index (χ4n) is 6.25. The van der Waals surface area contributed by atoms with E-state index in [-0.39, 0.29) is 0 Å². The van der Waals surface area contributed by atoms with Crippen LogP contribution in [0.25, 0.3) is 22.2 Å². The maximum Gasteiger partial charge on any atom is 0.129 e. The van der Waals surface area contributed by atoms with Gasteiger partial charge in [0.15, 0.2) is 0 Å². The Hall–Kier alpha value is -2.08. The molecule has 0 atom stereocenters. The summed E-state index contributed by atoms with van der Waals surface area (Å²) in [5.41, 5.74) is 6.32. The molecule has 0 unspecified atom stereocenters. The Labute approximate surface area is 281 Å². The van der Waals surface area contributed by atoms with Crippen LogP contribution in [0.1, 0.15) is 76.6 Å². The Balaban J connectivity index is 0.000000195. The number of aromatic nitrogens is 6. The average Bonchev–Trinajstić information content (AvgIpc) is 3.84. The quantitative estimate of drug-likeness (QED) is 0.105. The predicted molar refractivity (Wildman–Crippen MR) is 189 cm³/mol. The van der Waals surface area contributed by atoms with Gasteiger partial charge in [0.2, 0.25) is 0 Å². The second kappa shape index (κ2) is 17.0. The number of likely N-dealkylation sites (tertiary alicyclic amines) is 2. The predicted octanol–water partition coefficient (Wildman–Crippen LogP) is 7.51. The van der Waals surface area contributed by atoms with E-state index in [9.17, 15) is 0 Å². The van der Waals surface area contributed by atoms with Crippen molar-refractivity contribution in [3.05, 3.63) is 56.9 Å². The van der Waals surface area contributed by atoms with E-state index in [1.807, 2.05) is 12.3 Å². The molecular formula is C34H48ClIN8. The number of aryl methyl sites for hydroxylation is 4. The van der Waals surface area contributed by atoms with Crippen LogP contribution in [0.4, 0.5) is 0 Å². The second-order valence-electron chi connectivity index (χ2n) is 12.1. The molecule has 2 aliphatic rings. The molecule has 44 heavy (non-hydrogen) atoms. The molecule has 6 rings (SSSR count). The summed E-state index contributed by atoms with van der Waals surface area (Å²) in [5, 5.41) is 10.0. The summed E-state index contributed by atoms with van der Waals surface area (Å²) in [6, 6.07) is 5.75. The van der Waals surface area contributed by atoms with Crippen LogP contribution in [-0.4, -0.2) is 78.6 Å². The summed E-state index contributed by atoms with van der Waals surface area (Å²) >= 11 is 8.45. The fraction of sp³-hybridized carbons (Fsp3) is 0.588. The average molecular weight is 731 g/mol. The van der Waals surface area contributed by atoms with Crippen molar-refractivity contribution in [3.8, 4) is 11.1 Å². The third-order valence-corrected chi connectivity index (χ3v) is 9.65. The van der Waals surface area contributed by atoms with Crippen LogP contribution >= 0.6 is 34.2 Å². The Morgan fingerprint density at radius 2 is 1.34 bits per heavy atom. The number of rotatable bonds is 13. The third-order valence-electron chi connectivity index (χ3n) is 8.53. The highest BCUT2D eigenvalue weighted by Gasteiger charge is 2.15. The standard InChI is InChI=1S/C21H26ClN5.C13H22IN3/c1-2-6-18-17(15-27(25-18)12-5-11-26-9-3-4-10-26)16-13-20-19(23-14-16)7-8-21(22)24-20;1-2-6-13-12(14)11-17(15-13)10-5-9-16-7-3-4-8-16/h7-8,13-15H,2-6,9-12H2,1H3;11H,2-10H2,1H3. The van der Waals surface area contributed by atoms with Crippen molar-refractivity contribution in [2.45, 2.75) is 91.1 Å². The van der Waals surface area contributed by atoms with Crippen molar-refractivity contribution in [1.82, 2.24) is 39.3 Å². The molecule has 0 saturated carbocycles. The molecule has 0 aliphatic carbocycles. The molecule has 4 aromatic heterocycles. The molecular weight excluding hydrogens is 683 g/mol. The minimum absolute atomic E-state index is 0.493. The molecule has 0 bridgehead atoms. The van der Waals surface area contributed by atoms with Crippen molar-refractivity contribution in [3.63, 3.8) is 0 Å². The first-order valence-electron chi connectivity index (χ1n) is 16.7. The number of hydrogen-bond donors (Lipinski definition) is 0. The maximum absolute atomic E-state index is 6.05. The maximum atomic E-state index is 6.05. The van der Waals surface area contributed by atoms with Gasteiger partial charge in [0.1, 0.15) is 5.15 Å².